The molecule has 0 aliphatic carbocycles. The van der Waals surface area contributed by atoms with Gasteiger partial charge in [-0.15, -0.1) is 10.2 Å². The van der Waals surface area contributed by atoms with E-state index >= 15 is 0 Å². The number of rotatable bonds is 13. The number of alkyl halides is 3. The van der Waals surface area contributed by atoms with Crippen molar-refractivity contribution < 1.29 is 37.1 Å². The molecule has 0 radical (unpaired) electrons. The van der Waals surface area contributed by atoms with Crippen LogP contribution < -0.4 is 5.32 Å². The van der Waals surface area contributed by atoms with Crippen molar-refractivity contribution in [3.05, 3.63) is 48.0 Å². The first-order valence-corrected chi connectivity index (χ1v) is 13.1. The van der Waals surface area contributed by atoms with E-state index in [1.54, 1.807) is 20.8 Å². The Kier molecular flexibility index (Phi) is 9.89. The highest BCUT2D eigenvalue weighted by atomic mass is 19.4. The molecule has 0 saturated heterocycles. The summed E-state index contributed by atoms with van der Waals surface area (Å²) >= 11 is 0. The van der Waals surface area contributed by atoms with Crippen molar-refractivity contribution in [1.29, 1.82) is 0 Å². The number of hydrogen-bond donors (Lipinski definition) is 3. The molecule has 0 bridgehead atoms. The molecule has 0 spiro atoms. The van der Waals surface area contributed by atoms with Crippen LogP contribution >= 0.6 is 0 Å². The van der Waals surface area contributed by atoms with Gasteiger partial charge in [-0.1, -0.05) is 34.1 Å². The van der Waals surface area contributed by atoms with E-state index in [1.165, 1.54) is 24.4 Å². The second-order valence-corrected chi connectivity index (χ2v) is 10.3. The number of Topliss-reactive ketones (excluding diaryl/α,β-unsaturated/α-hetero) is 1. The number of amides is 2. The molecule has 3 aromatic rings. The number of halogens is 3. The Bertz CT molecular complexity index is 1320. The molecule has 2 heterocycles. The molecule has 2 amide bonds. The van der Waals surface area contributed by atoms with Crippen molar-refractivity contribution in [2.24, 2.45) is 5.41 Å². The first-order valence-electron chi connectivity index (χ1n) is 13.1. The summed E-state index contributed by atoms with van der Waals surface area (Å²) in [4.78, 5) is 40.1. The minimum Gasteiger partial charge on any atom is -0.465 e. The average molecular weight is 579 g/mol. The maximum absolute atomic E-state index is 13.5. The van der Waals surface area contributed by atoms with E-state index in [2.05, 4.69) is 25.7 Å². The summed E-state index contributed by atoms with van der Waals surface area (Å²) in [6.07, 6.45) is -2.68. The smallest absolute Gasteiger partial charge is 0.416 e. The van der Waals surface area contributed by atoms with Crippen LogP contribution in [0.4, 0.5) is 23.8 Å². The molecule has 0 unspecified atom stereocenters. The molecule has 3 rings (SSSR count). The van der Waals surface area contributed by atoms with Crippen LogP contribution in [0.25, 0.3) is 11.5 Å². The molecular weight excluding hydrogens is 545 g/mol. The van der Waals surface area contributed by atoms with Crippen molar-refractivity contribution in [1.82, 2.24) is 25.3 Å². The second-order valence-electron chi connectivity index (χ2n) is 10.3. The molecule has 0 fully saturated rings. The van der Waals surface area contributed by atoms with Crippen LogP contribution in [0.3, 0.4) is 0 Å². The highest BCUT2D eigenvalue weighted by Gasteiger charge is 2.46. The van der Waals surface area contributed by atoms with Crippen LogP contribution in [0.1, 0.15) is 64.8 Å². The van der Waals surface area contributed by atoms with E-state index in [9.17, 15) is 32.7 Å². The maximum atomic E-state index is 13.5. The van der Waals surface area contributed by atoms with E-state index < -0.39 is 47.0 Å². The van der Waals surface area contributed by atoms with Gasteiger partial charge in [-0.3, -0.25) is 19.6 Å². The lowest BCUT2D eigenvalue weighted by molar-refractivity contribution is -0.141. The summed E-state index contributed by atoms with van der Waals surface area (Å²) in [6, 6.07) is 3.74. The number of nitrogens with one attached hydrogen (secondary N) is 2. The third kappa shape index (κ3) is 7.70. The predicted molar refractivity (Wildman–Crippen MR) is 142 cm³/mol. The van der Waals surface area contributed by atoms with Crippen molar-refractivity contribution in [2.75, 3.05) is 5.32 Å². The topological polar surface area (TPSA) is 154 Å². The molecule has 1 aromatic carbocycles. The van der Waals surface area contributed by atoms with Crippen LogP contribution in [0.15, 0.2) is 40.9 Å². The number of hydrogen-bond acceptors (Lipinski definition) is 7. The van der Waals surface area contributed by atoms with Gasteiger partial charge in [-0.05, 0) is 48.9 Å². The molecule has 0 aliphatic rings. The largest absolute Gasteiger partial charge is 0.465 e. The number of aromatic nitrogens is 4. The molecule has 11 nitrogen and oxygen atoms in total. The van der Waals surface area contributed by atoms with E-state index in [-0.39, 0.29) is 30.4 Å². The van der Waals surface area contributed by atoms with Gasteiger partial charge in [-0.2, -0.15) is 18.3 Å². The van der Waals surface area contributed by atoms with Gasteiger partial charge in [0.25, 0.3) is 5.91 Å². The van der Waals surface area contributed by atoms with Gasteiger partial charge in [0.05, 0.1) is 11.8 Å². The zero-order valence-corrected chi connectivity index (χ0v) is 23.2. The molecule has 2 aromatic heterocycles. The lowest BCUT2D eigenvalue weighted by Gasteiger charge is -2.43. The number of carboxylic acid groups (broad SMARTS) is 1. The summed E-state index contributed by atoms with van der Waals surface area (Å²) in [7, 11) is 0. The van der Waals surface area contributed by atoms with Crippen LogP contribution in [0, 0.1) is 5.41 Å². The molecule has 0 saturated carbocycles. The maximum Gasteiger partial charge on any atom is 0.416 e. The van der Waals surface area contributed by atoms with Gasteiger partial charge >= 0.3 is 12.3 Å². The third-order valence-corrected chi connectivity index (χ3v) is 6.84. The number of carbonyl (C=O) groups is 3. The Balaban J connectivity index is 1.82. The van der Waals surface area contributed by atoms with Crippen molar-refractivity contribution in [3.63, 3.8) is 0 Å². The minimum atomic E-state index is -4.48. The number of ketones is 1. The van der Waals surface area contributed by atoms with E-state index in [0.29, 0.717) is 24.8 Å². The highest BCUT2D eigenvalue weighted by molar-refractivity contribution is 6.42. The molecule has 2 atom stereocenters. The normalized spacial score (nSPS) is 13.4. The van der Waals surface area contributed by atoms with E-state index in [1.807, 2.05) is 6.92 Å². The number of aromatic amines is 1. The van der Waals surface area contributed by atoms with Crippen LogP contribution in [-0.2, 0) is 22.2 Å². The number of benzene rings is 1. The van der Waals surface area contributed by atoms with Gasteiger partial charge in [-0.25, -0.2) is 4.79 Å². The van der Waals surface area contributed by atoms with Gasteiger partial charge in [0.2, 0.25) is 17.6 Å². The first-order chi connectivity index (χ1) is 19.3. The number of aryl methyl sites for hydroxylation is 1. The Morgan fingerprint density at radius 2 is 1.78 bits per heavy atom. The van der Waals surface area contributed by atoms with E-state index in [4.69, 9.17) is 4.42 Å². The predicted octanol–water partition coefficient (Wildman–Crippen LogP) is 5.57. The summed E-state index contributed by atoms with van der Waals surface area (Å²) in [6.45, 7) is 7.17. The fourth-order valence-electron chi connectivity index (χ4n) is 4.85. The van der Waals surface area contributed by atoms with Crippen LogP contribution in [0.2, 0.25) is 0 Å². The Morgan fingerprint density at radius 1 is 1.10 bits per heavy atom. The Labute approximate surface area is 234 Å². The zero-order valence-electron chi connectivity index (χ0n) is 23.2. The third-order valence-electron chi connectivity index (χ3n) is 6.84. The first kappa shape index (κ1) is 31.3. The molecule has 3 N–H and O–H groups in total. The molecule has 41 heavy (non-hydrogen) atoms. The quantitative estimate of drug-likeness (QED) is 0.222. The standard InChI is InChI=1S/C27H33F3N6O5/c1-5-14-26(3,4)22(21(37)23(38)32-19-13-15-31-33-19)36(25(39)40)18(6-2)11-12-20-34-35-24(41-20)16-7-9-17(10-8-16)27(28,29)30/h7-10,13,15,18,22H,5-6,11-12,14H2,1-4H3,(H,39,40)(H2,31,32,33,38)/t18-,22-/m1/s1. The van der Waals surface area contributed by atoms with Gasteiger partial charge in [0.1, 0.15) is 11.9 Å². The monoisotopic (exact) mass is 578 g/mol. The number of anilines is 1. The lowest BCUT2D eigenvalue weighted by atomic mass is 9.76. The average Bonchev–Trinajstić information content (AvgIpc) is 3.59. The summed E-state index contributed by atoms with van der Waals surface area (Å²) in [5.74, 6) is -1.51. The second kappa shape index (κ2) is 13.0. The number of H-pyrrole nitrogens is 1. The lowest BCUT2D eigenvalue weighted by Crippen LogP contribution is -2.58. The Morgan fingerprint density at radius 3 is 2.32 bits per heavy atom. The van der Waals surface area contributed by atoms with Crippen LogP contribution in [0.5, 0.6) is 0 Å². The molecule has 14 heteroatoms. The summed E-state index contributed by atoms with van der Waals surface area (Å²) in [5, 5.41) is 26.8. The fourth-order valence-corrected chi connectivity index (χ4v) is 4.85. The SMILES string of the molecule is CCCC(C)(C)[C@@H](C(=O)C(=O)Nc1ccn[nH]1)N(C(=O)O)[C@H](CC)CCc1nnc(-c2ccc(C(F)(F)F)cc2)o1. The number of carbonyl (C=O) groups excluding carboxylic acids is 2. The van der Waals surface area contributed by atoms with Crippen molar-refractivity contribution >= 4 is 23.6 Å². The van der Waals surface area contributed by atoms with Gasteiger partial charge < -0.3 is 14.8 Å². The van der Waals surface area contributed by atoms with Crippen molar-refractivity contribution in [3.8, 4) is 11.5 Å². The summed E-state index contributed by atoms with van der Waals surface area (Å²) < 4.78 is 44.2. The molecule has 222 valence electrons. The van der Waals surface area contributed by atoms with Crippen molar-refractivity contribution in [2.45, 2.75) is 78.1 Å². The van der Waals surface area contributed by atoms with Crippen LogP contribution in [-0.4, -0.2) is 60.3 Å². The zero-order chi connectivity index (χ0) is 30.4. The van der Waals surface area contributed by atoms with E-state index in [0.717, 1.165) is 17.0 Å². The van der Waals surface area contributed by atoms with Gasteiger partial charge in [0.15, 0.2) is 0 Å². The minimum absolute atomic E-state index is 0.0180. The highest BCUT2D eigenvalue weighted by Crippen LogP contribution is 2.35. The fraction of sp³-hybridized carbons (Fsp3) is 0.481. The molecular formula is C27H33F3N6O5. The number of nitrogens with zero attached hydrogens (tertiary/aromatic N) is 4. The molecule has 0 aliphatic heterocycles. The summed E-state index contributed by atoms with van der Waals surface area (Å²) in [5.41, 5.74) is -1.40. The Hall–Kier alpha value is -4.23. The van der Waals surface area contributed by atoms with Gasteiger partial charge in [0, 0.05) is 24.1 Å².